The van der Waals surface area contributed by atoms with Gasteiger partial charge in [0.15, 0.2) is 0 Å². The van der Waals surface area contributed by atoms with Crippen LogP contribution in [0.25, 0.3) is 0 Å². The SMILES string of the molecule is COc1ccc(S(=O)(=O)N(C)c2ccc(C(=O)Nc3ccc(Br)c(C)c3)cc2)cc1. The highest BCUT2D eigenvalue weighted by molar-refractivity contribution is 9.10. The van der Waals surface area contributed by atoms with Crippen LogP contribution < -0.4 is 14.4 Å². The van der Waals surface area contributed by atoms with Crippen LogP contribution in [0.3, 0.4) is 0 Å². The summed E-state index contributed by atoms with van der Waals surface area (Å²) < 4.78 is 32.9. The molecule has 0 aliphatic carbocycles. The van der Waals surface area contributed by atoms with Gasteiger partial charge in [-0.1, -0.05) is 15.9 Å². The monoisotopic (exact) mass is 488 g/mol. The van der Waals surface area contributed by atoms with E-state index in [1.807, 2.05) is 19.1 Å². The van der Waals surface area contributed by atoms with E-state index in [4.69, 9.17) is 4.74 Å². The van der Waals surface area contributed by atoms with Gasteiger partial charge in [-0.3, -0.25) is 9.10 Å². The lowest BCUT2D eigenvalue weighted by atomic mass is 10.1. The first kappa shape index (κ1) is 21.9. The number of nitrogens with one attached hydrogen (secondary N) is 1. The quantitative estimate of drug-likeness (QED) is 0.538. The normalized spacial score (nSPS) is 11.1. The van der Waals surface area contributed by atoms with Crippen molar-refractivity contribution >= 4 is 43.2 Å². The minimum Gasteiger partial charge on any atom is -0.497 e. The topological polar surface area (TPSA) is 75.7 Å². The van der Waals surface area contributed by atoms with E-state index in [9.17, 15) is 13.2 Å². The third-order valence-corrected chi connectivity index (χ3v) is 7.32. The summed E-state index contributed by atoms with van der Waals surface area (Å²) in [5.74, 6) is 0.303. The zero-order valence-corrected chi connectivity index (χ0v) is 19.1. The Morgan fingerprint density at radius 1 is 1.00 bits per heavy atom. The molecule has 156 valence electrons. The number of methoxy groups -OCH3 is 1. The number of sulfonamides is 1. The Labute approximate surface area is 184 Å². The number of nitrogens with zero attached hydrogens (tertiary/aromatic N) is 1. The van der Waals surface area contributed by atoms with Crippen LogP contribution in [0.2, 0.25) is 0 Å². The Bertz CT molecular complexity index is 1160. The molecule has 3 rings (SSSR count). The van der Waals surface area contributed by atoms with Crippen molar-refractivity contribution in [3.8, 4) is 5.75 Å². The minimum atomic E-state index is -3.73. The standard InChI is InChI=1S/C22H21BrN2O4S/c1-15-14-17(6-13-21(15)23)24-22(26)16-4-7-18(8-5-16)25(2)30(27,28)20-11-9-19(29-3)10-12-20/h4-14H,1-3H3,(H,24,26). The van der Waals surface area contributed by atoms with E-state index in [1.54, 1.807) is 42.5 Å². The number of hydrogen-bond donors (Lipinski definition) is 1. The molecule has 8 heteroatoms. The van der Waals surface area contributed by atoms with Crippen LogP contribution in [-0.4, -0.2) is 28.5 Å². The third kappa shape index (κ3) is 4.66. The smallest absolute Gasteiger partial charge is 0.264 e. The molecule has 0 heterocycles. The molecular formula is C22H21BrN2O4S. The average Bonchev–Trinajstić information content (AvgIpc) is 2.76. The van der Waals surface area contributed by atoms with Gasteiger partial charge in [0, 0.05) is 22.8 Å². The lowest BCUT2D eigenvalue weighted by Crippen LogP contribution is -2.26. The van der Waals surface area contributed by atoms with Gasteiger partial charge >= 0.3 is 0 Å². The van der Waals surface area contributed by atoms with E-state index < -0.39 is 10.0 Å². The Morgan fingerprint density at radius 2 is 1.63 bits per heavy atom. The highest BCUT2D eigenvalue weighted by Gasteiger charge is 2.21. The molecule has 1 N–H and O–H groups in total. The minimum absolute atomic E-state index is 0.151. The maximum absolute atomic E-state index is 12.9. The molecule has 0 saturated heterocycles. The molecule has 0 atom stereocenters. The highest BCUT2D eigenvalue weighted by atomic mass is 79.9. The van der Waals surface area contributed by atoms with Gasteiger partial charge in [-0.15, -0.1) is 0 Å². The first-order chi connectivity index (χ1) is 14.2. The molecule has 3 aromatic rings. The molecule has 30 heavy (non-hydrogen) atoms. The lowest BCUT2D eigenvalue weighted by Gasteiger charge is -2.20. The van der Waals surface area contributed by atoms with Crippen molar-refractivity contribution in [1.82, 2.24) is 0 Å². The number of rotatable bonds is 6. The molecule has 0 aliphatic heterocycles. The number of amides is 1. The molecule has 0 aliphatic rings. The second kappa shape index (κ2) is 8.89. The Kier molecular flexibility index (Phi) is 6.48. The molecule has 3 aromatic carbocycles. The maximum atomic E-state index is 12.9. The summed E-state index contributed by atoms with van der Waals surface area (Å²) in [5.41, 5.74) is 2.56. The van der Waals surface area contributed by atoms with Crippen LogP contribution in [0.1, 0.15) is 15.9 Å². The number of hydrogen-bond acceptors (Lipinski definition) is 4. The van der Waals surface area contributed by atoms with Gasteiger partial charge in [-0.2, -0.15) is 0 Å². The third-order valence-electron chi connectivity index (χ3n) is 4.63. The molecule has 1 amide bonds. The van der Waals surface area contributed by atoms with Crippen LogP contribution in [0.5, 0.6) is 5.75 Å². The fraction of sp³-hybridized carbons (Fsp3) is 0.136. The van der Waals surface area contributed by atoms with Crippen molar-refractivity contribution in [2.45, 2.75) is 11.8 Å². The van der Waals surface area contributed by atoms with Gasteiger partial charge in [-0.25, -0.2) is 8.42 Å². The van der Waals surface area contributed by atoms with Crippen LogP contribution in [0.15, 0.2) is 76.1 Å². The molecule has 6 nitrogen and oxygen atoms in total. The zero-order valence-electron chi connectivity index (χ0n) is 16.7. The highest BCUT2D eigenvalue weighted by Crippen LogP contribution is 2.25. The first-order valence-electron chi connectivity index (χ1n) is 9.03. The molecule has 0 spiro atoms. The van der Waals surface area contributed by atoms with Crippen molar-refractivity contribution in [2.24, 2.45) is 0 Å². The van der Waals surface area contributed by atoms with E-state index in [1.165, 1.54) is 30.6 Å². The van der Waals surface area contributed by atoms with E-state index in [0.29, 0.717) is 22.7 Å². The van der Waals surface area contributed by atoms with E-state index in [-0.39, 0.29) is 10.8 Å². The van der Waals surface area contributed by atoms with Gasteiger partial charge in [0.2, 0.25) is 0 Å². The Hall–Kier alpha value is -2.84. The molecular weight excluding hydrogens is 468 g/mol. The largest absolute Gasteiger partial charge is 0.497 e. The maximum Gasteiger partial charge on any atom is 0.264 e. The number of aryl methyl sites for hydroxylation is 1. The number of benzene rings is 3. The summed E-state index contributed by atoms with van der Waals surface area (Å²) in [5, 5.41) is 2.84. The Balaban J connectivity index is 1.76. The fourth-order valence-electron chi connectivity index (χ4n) is 2.79. The van der Waals surface area contributed by atoms with E-state index in [2.05, 4.69) is 21.2 Å². The zero-order chi connectivity index (χ0) is 21.9. The summed E-state index contributed by atoms with van der Waals surface area (Å²) in [6.07, 6.45) is 0. The van der Waals surface area contributed by atoms with Crippen LogP contribution in [0, 0.1) is 6.92 Å². The molecule has 0 aromatic heterocycles. The first-order valence-corrected chi connectivity index (χ1v) is 11.3. The summed E-state index contributed by atoms with van der Waals surface area (Å²) >= 11 is 3.43. The summed E-state index contributed by atoms with van der Waals surface area (Å²) in [6, 6.07) is 18.1. The Morgan fingerprint density at radius 3 is 2.20 bits per heavy atom. The number of carbonyl (C=O) groups excluding carboxylic acids is 1. The number of ether oxygens (including phenoxy) is 1. The van der Waals surface area contributed by atoms with Crippen molar-refractivity contribution in [1.29, 1.82) is 0 Å². The summed E-state index contributed by atoms with van der Waals surface area (Å²) in [4.78, 5) is 12.7. The van der Waals surface area contributed by atoms with Crippen LogP contribution in [0.4, 0.5) is 11.4 Å². The van der Waals surface area contributed by atoms with Crippen molar-refractivity contribution in [3.63, 3.8) is 0 Å². The summed E-state index contributed by atoms with van der Waals surface area (Å²) in [7, 11) is -0.744. The number of carbonyl (C=O) groups is 1. The van der Waals surface area contributed by atoms with Gasteiger partial charge in [0.05, 0.1) is 17.7 Å². The van der Waals surface area contributed by atoms with E-state index >= 15 is 0 Å². The van der Waals surface area contributed by atoms with Crippen LogP contribution >= 0.6 is 15.9 Å². The van der Waals surface area contributed by atoms with Gasteiger partial charge in [-0.05, 0) is 79.2 Å². The second-order valence-electron chi connectivity index (χ2n) is 6.61. The molecule has 0 bridgehead atoms. The van der Waals surface area contributed by atoms with E-state index in [0.717, 1.165) is 10.0 Å². The molecule has 0 unspecified atom stereocenters. The fourth-order valence-corrected chi connectivity index (χ4v) is 4.24. The molecule has 0 saturated carbocycles. The number of halogens is 1. The lowest BCUT2D eigenvalue weighted by molar-refractivity contribution is 0.102. The second-order valence-corrected chi connectivity index (χ2v) is 9.44. The van der Waals surface area contributed by atoms with Gasteiger partial charge in [0.25, 0.3) is 15.9 Å². The van der Waals surface area contributed by atoms with Crippen molar-refractivity contribution in [3.05, 3.63) is 82.3 Å². The summed E-state index contributed by atoms with van der Waals surface area (Å²) in [6.45, 7) is 1.94. The van der Waals surface area contributed by atoms with Crippen molar-refractivity contribution in [2.75, 3.05) is 23.8 Å². The predicted octanol–water partition coefficient (Wildman–Crippen LogP) is 4.84. The van der Waals surface area contributed by atoms with Crippen LogP contribution in [-0.2, 0) is 10.0 Å². The molecule has 0 fully saturated rings. The van der Waals surface area contributed by atoms with Gasteiger partial charge < -0.3 is 10.1 Å². The average molecular weight is 489 g/mol. The van der Waals surface area contributed by atoms with Gasteiger partial charge in [0.1, 0.15) is 5.75 Å². The van der Waals surface area contributed by atoms with Crippen molar-refractivity contribution < 1.29 is 17.9 Å². The molecule has 0 radical (unpaired) electrons. The predicted molar refractivity (Wildman–Crippen MR) is 122 cm³/mol. The number of anilines is 2.